The highest BCUT2D eigenvalue weighted by atomic mass is 32.2. The maximum atomic E-state index is 12.7. The molecule has 0 aromatic heterocycles. The first-order valence-corrected chi connectivity index (χ1v) is 9.38. The molecule has 146 valence electrons. The number of amides is 2. The predicted octanol–water partition coefficient (Wildman–Crippen LogP) is 0.693. The number of carboxylic acid groups (broad SMARTS) is 1. The Bertz CT molecular complexity index is 1080. The van der Waals surface area contributed by atoms with Crippen molar-refractivity contribution >= 4 is 51.8 Å². The van der Waals surface area contributed by atoms with E-state index >= 15 is 0 Å². The summed E-state index contributed by atoms with van der Waals surface area (Å²) < 4.78 is 0. The molecule has 0 aliphatic carbocycles. The fraction of sp³-hybridized carbons (Fsp3) is 0.105. The van der Waals surface area contributed by atoms with Gasteiger partial charge in [0.25, 0.3) is 5.91 Å². The Kier molecular flexibility index (Phi) is 4.77. The van der Waals surface area contributed by atoms with Gasteiger partial charge < -0.3 is 20.3 Å². The van der Waals surface area contributed by atoms with Crippen LogP contribution in [0.4, 0.5) is 11.4 Å². The van der Waals surface area contributed by atoms with Crippen molar-refractivity contribution in [3.63, 3.8) is 0 Å². The molecule has 0 unspecified atom stereocenters. The number of phenolic OH excluding ortho intramolecular Hbond substituents is 1. The van der Waals surface area contributed by atoms with Crippen LogP contribution < -0.4 is 15.3 Å². The van der Waals surface area contributed by atoms with Crippen molar-refractivity contribution in [3.05, 3.63) is 54.1 Å². The average Bonchev–Trinajstić information content (AvgIpc) is 3.16. The molecule has 29 heavy (non-hydrogen) atoms. The van der Waals surface area contributed by atoms with E-state index in [1.807, 2.05) is 0 Å². The first-order chi connectivity index (χ1) is 13.9. The molecule has 1 atom stereocenters. The minimum Gasteiger partial charge on any atom is -0.550 e. The summed E-state index contributed by atoms with van der Waals surface area (Å²) in [6, 6.07) is 12.8. The van der Waals surface area contributed by atoms with Crippen LogP contribution in [0.25, 0.3) is 0 Å². The van der Waals surface area contributed by atoms with Crippen molar-refractivity contribution in [2.75, 3.05) is 10.2 Å². The molecule has 0 saturated carbocycles. The van der Waals surface area contributed by atoms with Gasteiger partial charge in [0.15, 0.2) is 10.9 Å². The number of aromatic hydroxyl groups is 1. The maximum absolute atomic E-state index is 12.7. The molecular weight excluding hydrogens is 396 g/mol. The Morgan fingerprint density at radius 1 is 1.14 bits per heavy atom. The van der Waals surface area contributed by atoms with E-state index in [-0.39, 0.29) is 16.6 Å². The van der Waals surface area contributed by atoms with E-state index in [9.17, 15) is 24.6 Å². The average molecular weight is 409 g/mol. The molecule has 0 radical (unpaired) electrons. The molecule has 2 aromatic rings. The van der Waals surface area contributed by atoms with Crippen LogP contribution in [0, 0.1) is 0 Å². The second-order valence-electron chi connectivity index (χ2n) is 6.20. The lowest BCUT2D eigenvalue weighted by atomic mass is 10.1. The van der Waals surface area contributed by atoms with Crippen molar-refractivity contribution in [1.29, 1.82) is 0 Å². The van der Waals surface area contributed by atoms with Gasteiger partial charge in [-0.3, -0.25) is 14.5 Å². The molecule has 2 aliphatic rings. The highest BCUT2D eigenvalue weighted by molar-refractivity contribution is 8.16. The van der Waals surface area contributed by atoms with Crippen LogP contribution in [0.3, 0.4) is 0 Å². The van der Waals surface area contributed by atoms with Gasteiger partial charge in [0.2, 0.25) is 5.91 Å². The van der Waals surface area contributed by atoms with Gasteiger partial charge in [-0.2, -0.15) is 0 Å². The third-order valence-corrected chi connectivity index (χ3v) is 5.40. The van der Waals surface area contributed by atoms with Crippen LogP contribution in [0.1, 0.15) is 12.0 Å². The maximum Gasteiger partial charge on any atom is 0.276 e. The zero-order valence-corrected chi connectivity index (χ0v) is 15.5. The molecule has 2 aromatic carbocycles. The summed E-state index contributed by atoms with van der Waals surface area (Å²) >= 11 is 0.924. The lowest BCUT2D eigenvalue weighted by molar-refractivity contribution is -0.305. The zero-order valence-electron chi connectivity index (χ0n) is 14.7. The minimum absolute atomic E-state index is 0.0114. The number of hydrogen-bond donors (Lipinski definition) is 2. The van der Waals surface area contributed by atoms with Crippen LogP contribution in [-0.2, 0) is 14.4 Å². The third-order valence-electron chi connectivity index (χ3n) is 4.28. The number of benzene rings is 2. The monoisotopic (exact) mass is 409 g/mol. The number of rotatable bonds is 4. The number of carboxylic acids is 1. The van der Waals surface area contributed by atoms with E-state index in [2.05, 4.69) is 15.5 Å². The fourth-order valence-corrected chi connectivity index (χ4v) is 4.02. The molecule has 2 aliphatic heterocycles. The van der Waals surface area contributed by atoms with E-state index in [4.69, 9.17) is 0 Å². The second kappa shape index (κ2) is 7.40. The molecular formula is C19H13N4O5S-. The van der Waals surface area contributed by atoms with Crippen LogP contribution in [0.15, 0.2) is 58.7 Å². The summed E-state index contributed by atoms with van der Waals surface area (Å²) in [5.41, 5.74) is 1.67. The van der Waals surface area contributed by atoms with E-state index in [0.29, 0.717) is 16.9 Å². The normalized spacial score (nSPS) is 21.0. The Labute approximate surface area is 168 Å². The van der Waals surface area contributed by atoms with Gasteiger partial charge >= 0.3 is 0 Å². The summed E-state index contributed by atoms with van der Waals surface area (Å²) in [5, 5.41) is 30.5. The quantitative estimate of drug-likeness (QED) is 0.714. The van der Waals surface area contributed by atoms with Gasteiger partial charge in [-0.05, 0) is 30.3 Å². The number of nitrogens with one attached hydrogen (secondary N) is 1. The van der Waals surface area contributed by atoms with E-state index in [0.717, 1.165) is 11.8 Å². The summed E-state index contributed by atoms with van der Waals surface area (Å²) in [4.78, 5) is 37.1. The number of fused-ring (bicyclic) bond motifs is 1. The third kappa shape index (κ3) is 3.57. The van der Waals surface area contributed by atoms with Crippen molar-refractivity contribution in [1.82, 2.24) is 0 Å². The molecule has 1 saturated heterocycles. The van der Waals surface area contributed by atoms with Gasteiger partial charge in [0, 0.05) is 18.0 Å². The van der Waals surface area contributed by atoms with Crippen LogP contribution in [0.5, 0.6) is 5.75 Å². The van der Waals surface area contributed by atoms with Crippen LogP contribution in [0.2, 0.25) is 0 Å². The zero-order chi connectivity index (χ0) is 20.5. The molecule has 2 heterocycles. The van der Waals surface area contributed by atoms with E-state index < -0.39 is 29.5 Å². The number of carbonyl (C=O) groups is 3. The Hall–Kier alpha value is -3.66. The summed E-state index contributed by atoms with van der Waals surface area (Å²) in [6.45, 7) is 0. The first kappa shape index (κ1) is 18.7. The molecule has 2 amide bonds. The molecule has 9 nitrogen and oxygen atoms in total. The van der Waals surface area contributed by atoms with Gasteiger partial charge in [-0.1, -0.05) is 30.0 Å². The van der Waals surface area contributed by atoms with E-state index in [1.54, 1.807) is 24.3 Å². The van der Waals surface area contributed by atoms with Crippen molar-refractivity contribution in [2.45, 2.75) is 11.7 Å². The summed E-state index contributed by atoms with van der Waals surface area (Å²) in [7, 11) is 0. The summed E-state index contributed by atoms with van der Waals surface area (Å²) in [6.07, 6.45) is -0.489. The van der Waals surface area contributed by atoms with Gasteiger partial charge in [0.05, 0.1) is 16.6 Å². The standard InChI is InChI=1S/C19H14N4O5S/c24-11-7-5-10(6-8-11)23-18(28)14(9-15(25)26)29-19(23)22-21-16-12-3-1-2-4-13(12)20-17(16)27/h1-8,14,24H,9H2,(H,25,26)(H,20,21,27)/p-1/b22-19+/t14-/m0/s1. The number of hydrogen-bond acceptors (Lipinski definition) is 8. The molecule has 1 fully saturated rings. The van der Waals surface area contributed by atoms with E-state index in [1.165, 1.54) is 29.2 Å². The molecule has 10 heteroatoms. The minimum atomic E-state index is -1.36. The first-order valence-electron chi connectivity index (χ1n) is 8.50. The fourth-order valence-electron chi connectivity index (χ4n) is 2.95. The van der Waals surface area contributed by atoms with Gasteiger partial charge in [0.1, 0.15) is 5.75 Å². The second-order valence-corrected chi connectivity index (χ2v) is 7.37. The van der Waals surface area contributed by atoms with Gasteiger partial charge in [-0.25, -0.2) is 0 Å². The van der Waals surface area contributed by atoms with Crippen LogP contribution in [-0.4, -0.2) is 39.0 Å². The number of aliphatic carboxylic acids is 1. The molecule has 0 spiro atoms. The number of nitrogens with zero attached hydrogens (tertiary/aromatic N) is 3. The predicted molar refractivity (Wildman–Crippen MR) is 106 cm³/mol. The number of carbonyl (C=O) groups excluding carboxylic acids is 3. The van der Waals surface area contributed by atoms with Gasteiger partial charge in [-0.15, -0.1) is 10.2 Å². The van der Waals surface area contributed by atoms with Crippen molar-refractivity contribution < 1.29 is 24.6 Å². The summed E-state index contributed by atoms with van der Waals surface area (Å²) in [5.74, 6) is -2.28. The lowest BCUT2D eigenvalue weighted by Crippen LogP contribution is -2.35. The largest absolute Gasteiger partial charge is 0.550 e. The highest BCUT2D eigenvalue weighted by Gasteiger charge is 2.39. The number of para-hydroxylation sites is 1. The van der Waals surface area contributed by atoms with Crippen molar-refractivity contribution in [2.24, 2.45) is 10.2 Å². The number of amidine groups is 1. The molecule has 2 N–H and O–H groups in total. The molecule has 0 bridgehead atoms. The Morgan fingerprint density at radius 2 is 1.86 bits per heavy atom. The smallest absolute Gasteiger partial charge is 0.276 e. The topological polar surface area (TPSA) is 134 Å². The number of thioether (sulfide) groups is 1. The SMILES string of the molecule is O=C([O-])C[C@@H]1S/C(=N/N=C2\C(=O)Nc3ccccc32)N(c2ccc(O)cc2)C1=O. The van der Waals surface area contributed by atoms with Crippen LogP contribution >= 0.6 is 11.8 Å². The lowest BCUT2D eigenvalue weighted by Gasteiger charge is -2.16. The number of anilines is 2. The molecule has 4 rings (SSSR count). The Balaban J connectivity index is 1.73. The van der Waals surface area contributed by atoms with Crippen molar-refractivity contribution in [3.8, 4) is 5.75 Å². The number of phenols is 1. The highest BCUT2D eigenvalue weighted by Crippen LogP contribution is 2.34. The Morgan fingerprint density at radius 3 is 2.59 bits per heavy atom.